The van der Waals surface area contributed by atoms with Crippen molar-refractivity contribution in [3.05, 3.63) is 84.9 Å². The van der Waals surface area contributed by atoms with Gasteiger partial charge >= 0.3 is 6.41 Å². The van der Waals surface area contributed by atoms with Gasteiger partial charge in [-0.1, -0.05) is 66.7 Å². The molecule has 0 fully saturated rings. The number of nitrogens with zero attached hydrogens (tertiary/aromatic N) is 1. The smallest absolute Gasteiger partial charge is 0.272 e. The summed E-state index contributed by atoms with van der Waals surface area (Å²) in [6, 6.07) is 27.4. The monoisotopic (exact) mass is 272 g/mol. The van der Waals surface area contributed by atoms with Gasteiger partial charge in [0.1, 0.15) is 0 Å². The van der Waals surface area contributed by atoms with E-state index in [4.69, 9.17) is 0 Å². The van der Waals surface area contributed by atoms with E-state index in [1.54, 1.807) is 4.90 Å². The van der Waals surface area contributed by atoms with Crippen LogP contribution in [0.3, 0.4) is 0 Å². The Kier molecular flexibility index (Phi) is 3.79. The molecule has 21 heavy (non-hydrogen) atoms. The first-order chi connectivity index (χ1) is 10.4. The molecule has 2 heteroatoms. The van der Waals surface area contributed by atoms with Crippen molar-refractivity contribution in [2.75, 3.05) is 4.90 Å². The van der Waals surface area contributed by atoms with Crippen molar-refractivity contribution in [2.24, 2.45) is 0 Å². The number of hydrogen-bond acceptors (Lipinski definition) is 1. The van der Waals surface area contributed by atoms with Crippen molar-refractivity contribution in [3.8, 4) is 11.1 Å². The summed E-state index contributed by atoms with van der Waals surface area (Å²) in [5.74, 6) is 0. The summed E-state index contributed by atoms with van der Waals surface area (Å²) in [4.78, 5) is 13.0. The van der Waals surface area contributed by atoms with Crippen LogP contribution < -0.4 is 4.90 Å². The van der Waals surface area contributed by atoms with Gasteiger partial charge in [-0.3, -0.25) is 9.69 Å². The van der Waals surface area contributed by atoms with Gasteiger partial charge in [0, 0.05) is 11.3 Å². The molecule has 0 unspecified atom stereocenters. The van der Waals surface area contributed by atoms with Gasteiger partial charge in [-0.25, -0.2) is 0 Å². The molecule has 0 spiro atoms. The second-order valence-corrected chi connectivity index (χ2v) is 4.65. The van der Waals surface area contributed by atoms with Gasteiger partial charge in [-0.05, 0) is 23.8 Å². The molecule has 0 heterocycles. The molecule has 0 aliphatic carbocycles. The third kappa shape index (κ3) is 2.70. The van der Waals surface area contributed by atoms with Crippen LogP contribution in [-0.2, 0) is 4.79 Å². The van der Waals surface area contributed by atoms with Crippen molar-refractivity contribution in [1.82, 2.24) is 0 Å². The highest BCUT2D eigenvalue weighted by atomic mass is 16.1. The Morgan fingerprint density at radius 3 is 1.90 bits per heavy atom. The second-order valence-electron chi connectivity index (χ2n) is 4.65. The van der Waals surface area contributed by atoms with Crippen molar-refractivity contribution in [2.45, 2.75) is 0 Å². The van der Waals surface area contributed by atoms with Crippen molar-refractivity contribution in [3.63, 3.8) is 0 Å². The zero-order chi connectivity index (χ0) is 14.5. The number of para-hydroxylation sites is 2. The molecular weight excluding hydrogens is 258 g/mol. The van der Waals surface area contributed by atoms with Gasteiger partial charge in [0.05, 0.1) is 5.69 Å². The van der Waals surface area contributed by atoms with Crippen LogP contribution in [0.4, 0.5) is 11.4 Å². The van der Waals surface area contributed by atoms with E-state index in [-0.39, 0.29) is 0 Å². The molecule has 1 amide bonds. The first kappa shape index (κ1) is 13.1. The Hall–Kier alpha value is -2.87. The molecule has 0 aromatic heterocycles. The molecule has 3 rings (SSSR count). The SMILES string of the molecule is O=[C]N(c1ccccc1)c1ccccc1-c1ccccc1. The van der Waals surface area contributed by atoms with E-state index in [9.17, 15) is 4.79 Å². The Balaban J connectivity index is 2.12. The van der Waals surface area contributed by atoms with Gasteiger partial charge in [0.2, 0.25) is 0 Å². The van der Waals surface area contributed by atoms with Crippen LogP contribution in [0.5, 0.6) is 0 Å². The predicted octanol–water partition coefficient (Wildman–Crippen LogP) is 4.56. The fourth-order valence-electron chi connectivity index (χ4n) is 2.35. The number of benzene rings is 3. The zero-order valence-corrected chi connectivity index (χ0v) is 11.4. The minimum absolute atomic E-state index is 0.802. The van der Waals surface area contributed by atoms with E-state index in [1.807, 2.05) is 91.3 Å². The van der Waals surface area contributed by atoms with E-state index in [2.05, 4.69) is 0 Å². The summed E-state index contributed by atoms with van der Waals surface area (Å²) >= 11 is 0. The standard InChI is InChI=1S/C19H14NO/c21-15-20(17-11-5-2-6-12-17)19-14-8-7-13-18(19)16-9-3-1-4-10-16/h1-14H. The fraction of sp³-hybridized carbons (Fsp3) is 0. The molecular formula is C19H14NO. The van der Waals surface area contributed by atoms with E-state index in [0.717, 1.165) is 22.5 Å². The van der Waals surface area contributed by atoms with Crippen LogP contribution >= 0.6 is 0 Å². The lowest BCUT2D eigenvalue weighted by Crippen LogP contribution is -2.14. The first-order valence-corrected chi connectivity index (χ1v) is 6.77. The maximum atomic E-state index is 11.5. The number of carbonyl (C=O) groups excluding carboxylic acids is 1. The third-order valence-corrected chi connectivity index (χ3v) is 3.34. The molecule has 2 nitrogen and oxygen atoms in total. The first-order valence-electron chi connectivity index (χ1n) is 6.77. The summed E-state index contributed by atoms with van der Waals surface area (Å²) < 4.78 is 0. The highest BCUT2D eigenvalue weighted by Crippen LogP contribution is 2.33. The topological polar surface area (TPSA) is 20.3 Å². The molecule has 3 aromatic rings. The Morgan fingerprint density at radius 2 is 1.24 bits per heavy atom. The molecule has 0 bridgehead atoms. The lowest BCUT2D eigenvalue weighted by molar-refractivity contribution is 0.556. The average Bonchev–Trinajstić information content (AvgIpc) is 2.58. The summed E-state index contributed by atoms with van der Waals surface area (Å²) in [7, 11) is 0. The predicted molar refractivity (Wildman–Crippen MR) is 86.2 cm³/mol. The average molecular weight is 272 g/mol. The number of rotatable bonds is 4. The lowest BCUT2D eigenvalue weighted by Gasteiger charge is -2.20. The number of amides is 1. The largest absolute Gasteiger partial charge is 0.321 e. The maximum Gasteiger partial charge on any atom is 0.321 e. The summed E-state index contributed by atoms with van der Waals surface area (Å²) in [5.41, 5.74) is 3.70. The summed E-state index contributed by atoms with van der Waals surface area (Å²) in [5, 5.41) is 0. The van der Waals surface area contributed by atoms with E-state index in [0.29, 0.717) is 0 Å². The Morgan fingerprint density at radius 1 is 0.667 bits per heavy atom. The van der Waals surface area contributed by atoms with Crippen LogP contribution in [-0.4, -0.2) is 6.41 Å². The minimum atomic E-state index is 0.802. The Labute approximate surface area is 124 Å². The molecule has 101 valence electrons. The van der Waals surface area contributed by atoms with Crippen molar-refractivity contribution >= 4 is 17.8 Å². The molecule has 0 atom stereocenters. The summed E-state index contributed by atoms with van der Waals surface area (Å²) in [6.45, 7) is 0. The zero-order valence-electron chi connectivity index (χ0n) is 11.4. The van der Waals surface area contributed by atoms with Gasteiger partial charge in [0.25, 0.3) is 0 Å². The van der Waals surface area contributed by atoms with Crippen LogP contribution in [0, 0.1) is 0 Å². The minimum Gasteiger partial charge on any atom is -0.272 e. The normalized spacial score (nSPS) is 10.1. The highest BCUT2D eigenvalue weighted by Gasteiger charge is 2.13. The maximum absolute atomic E-state index is 11.5. The molecule has 3 aromatic carbocycles. The van der Waals surface area contributed by atoms with Gasteiger partial charge in [-0.2, -0.15) is 0 Å². The fourth-order valence-corrected chi connectivity index (χ4v) is 2.35. The summed E-state index contributed by atoms with van der Waals surface area (Å²) in [6.07, 6.45) is 2.03. The molecule has 0 aliphatic heterocycles. The third-order valence-electron chi connectivity index (χ3n) is 3.34. The van der Waals surface area contributed by atoms with Crippen LogP contribution in [0.2, 0.25) is 0 Å². The highest BCUT2D eigenvalue weighted by molar-refractivity contribution is 5.94. The molecule has 1 radical (unpaired) electrons. The van der Waals surface area contributed by atoms with Crippen molar-refractivity contribution in [1.29, 1.82) is 0 Å². The van der Waals surface area contributed by atoms with Crippen LogP contribution in [0.15, 0.2) is 84.9 Å². The quantitative estimate of drug-likeness (QED) is 0.638. The van der Waals surface area contributed by atoms with E-state index < -0.39 is 0 Å². The second kappa shape index (κ2) is 6.06. The van der Waals surface area contributed by atoms with Gasteiger partial charge < -0.3 is 0 Å². The lowest BCUT2D eigenvalue weighted by atomic mass is 10.0. The van der Waals surface area contributed by atoms with E-state index in [1.165, 1.54) is 0 Å². The van der Waals surface area contributed by atoms with Gasteiger partial charge in [-0.15, -0.1) is 0 Å². The van der Waals surface area contributed by atoms with Crippen molar-refractivity contribution < 1.29 is 4.79 Å². The van der Waals surface area contributed by atoms with Gasteiger partial charge in [0.15, 0.2) is 0 Å². The Bertz CT molecular complexity index is 723. The molecule has 0 saturated heterocycles. The molecule has 0 saturated carbocycles. The number of hydrogen-bond donors (Lipinski definition) is 0. The molecule has 0 N–H and O–H groups in total. The number of anilines is 2. The van der Waals surface area contributed by atoms with Crippen LogP contribution in [0.25, 0.3) is 11.1 Å². The van der Waals surface area contributed by atoms with Crippen LogP contribution in [0.1, 0.15) is 0 Å². The van der Waals surface area contributed by atoms with E-state index >= 15 is 0 Å². The molecule has 0 aliphatic rings.